The van der Waals surface area contributed by atoms with Crippen LogP contribution in [0.25, 0.3) is 93.5 Å². The number of para-hydroxylation sites is 2. The number of fused-ring (bicyclic) bond motifs is 5. The molecule has 11 aromatic carbocycles. The highest BCUT2D eigenvalue weighted by molar-refractivity contribution is 6.10. The molecule has 0 fully saturated rings. The van der Waals surface area contributed by atoms with Gasteiger partial charge in [0.1, 0.15) is 0 Å². The summed E-state index contributed by atoms with van der Waals surface area (Å²) < 4.78 is 2.40. The fourth-order valence-electron chi connectivity index (χ4n) is 9.67. The van der Waals surface area contributed by atoms with Gasteiger partial charge >= 0.3 is 0 Å². The van der Waals surface area contributed by atoms with Crippen molar-refractivity contribution in [2.24, 2.45) is 0 Å². The van der Waals surface area contributed by atoms with Crippen molar-refractivity contribution in [1.29, 1.82) is 0 Å². The van der Waals surface area contributed by atoms with E-state index in [1.54, 1.807) is 0 Å². The third kappa shape index (κ3) is 6.61. The summed E-state index contributed by atoms with van der Waals surface area (Å²) in [4.78, 5) is 2.42. The fraction of sp³-hybridized carbons (Fsp3) is 0. The van der Waals surface area contributed by atoms with Crippen molar-refractivity contribution in [2.45, 2.75) is 0 Å². The molecule has 0 N–H and O–H groups in total. The van der Waals surface area contributed by atoms with Crippen molar-refractivity contribution in [2.75, 3.05) is 4.90 Å². The highest BCUT2D eigenvalue weighted by atomic mass is 15.1. The normalized spacial score (nSPS) is 11.4. The van der Waals surface area contributed by atoms with Crippen LogP contribution in [-0.4, -0.2) is 4.57 Å². The Kier molecular flexibility index (Phi) is 9.20. The second-order valence-electron chi connectivity index (χ2n) is 16.5. The van der Waals surface area contributed by atoms with Gasteiger partial charge in [-0.15, -0.1) is 0 Å². The molecule has 12 rings (SSSR count). The van der Waals surface area contributed by atoms with E-state index >= 15 is 0 Å². The van der Waals surface area contributed by atoms with Crippen LogP contribution in [0, 0.1) is 0 Å². The zero-order valence-corrected chi connectivity index (χ0v) is 35.1. The molecule has 0 aliphatic rings. The average molecular weight is 815 g/mol. The minimum absolute atomic E-state index is 1.07. The van der Waals surface area contributed by atoms with Crippen LogP contribution >= 0.6 is 0 Å². The SMILES string of the molecule is c1ccc(-c2ccccc2-c2ccc(N(c3ccc(-c4ccc5ccccc5c4)c(-c4ccc5ccccc5c4)c3)c3ccc4c5ccccc5n(-c5ccccc5)c4c3)cc2)cc1. The van der Waals surface area contributed by atoms with Crippen molar-refractivity contribution < 1.29 is 0 Å². The molecule has 300 valence electrons. The fourth-order valence-corrected chi connectivity index (χ4v) is 9.67. The Bertz CT molecular complexity index is 3660. The van der Waals surface area contributed by atoms with Crippen molar-refractivity contribution in [1.82, 2.24) is 4.57 Å². The minimum Gasteiger partial charge on any atom is -0.310 e. The van der Waals surface area contributed by atoms with E-state index < -0.39 is 0 Å². The van der Waals surface area contributed by atoms with Crippen LogP contribution in [-0.2, 0) is 0 Å². The summed E-state index contributed by atoms with van der Waals surface area (Å²) in [6.07, 6.45) is 0. The molecular formula is C62H42N2. The molecule has 0 unspecified atom stereocenters. The highest BCUT2D eigenvalue weighted by Gasteiger charge is 2.20. The first-order valence-electron chi connectivity index (χ1n) is 22.0. The van der Waals surface area contributed by atoms with Crippen molar-refractivity contribution in [3.8, 4) is 50.2 Å². The third-order valence-electron chi connectivity index (χ3n) is 12.8. The van der Waals surface area contributed by atoms with Crippen molar-refractivity contribution >= 4 is 60.4 Å². The summed E-state index contributed by atoms with van der Waals surface area (Å²) in [6.45, 7) is 0. The maximum atomic E-state index is 2.42. The average Bonchev–Trinajstić information content (AvgIpc) is 3.70. The maximum Gasteiger partial charge on any atom is 0.0561 e. The lowest BCUT2D eigenvalue weighted by atomic mass is 9.91. The summed E-state index contributed by atoms with van der Waals surface area (Å²) in [5.74, 6) is 0. The molecule has 0 aliphatic carbocycles. The van der Waals surface area contributed by atoms with Gasteiger partial charge in [0.15, 0.2) is 0 Å². The molecule has 2 heteroatoms. The van der Waals surface area contributed by atoms with Crippen LogP contribution in [0.2, 0.25) is 0 Å². The first-order valence-corrected chi connectivity index (χ1v) is 22.0. The lowest BCUT2D eigenvalue weighted by Gasteiger charge is -2.27. The molecule has 0 saturated carbocycles. The lowest BCUT2D eigenvalue weighted by molar-refractivity contribution is 1.18. The summed E-state index contributed by atoms with van der Waals surface area (Å²) in [5.41, 5.74) is 16.3. The van der Waals surface area contributed by atoms with E-state index in [9.17, 15) is 0 Å². The minimum atomic E-state index is 1.07. The number of aromatic nitrogens is 1. The Morgan fingerprint density at radius 1 is 0.250 bits per heavy atom. The number of hydrogen-bond donors (Lipinski definition) is 0. The molecule has 12 aromatic rings. The predicted molar refractivity (Wildman–Crippen MR) is 272 cm³/mol. The zero-order valence-electron chi connectivity index (χ0n) is 35.1. The van der Waals surface area contributed by atoms with Crippen LogP contribution < -0.4 is 4.90 Å². The van der Waals surface area contributed by atoms with Gasteiger partial charge in [-0.3, -0.25) is 0 Å². The topological polar surface area (TPSA) is 8.17 Å². The molecule has 0 radical (unpaired) electrons. The number of anilines is 3. The van der Waals surface area contributed by atoms with Gasteiger partial charge < -0.3 is 9.47 Å². The smallest absolute Gasteiger partial charge is 0.0561 e. The second-order valence-corrected chi connectivity index (χ2v) is 16.5. The van der Waals surface area contributed by atoms with Gasteiger partial charge in [-0.25, -0.2) is 0 Å². The monoisotopic (exact) mass is 814 g/mol. The number of hydrogen-bond acceptors (Lipinski definition) is 1. The summed E-state index contributed by atoms with van der Waals surface area (Å²) in [7, 11) is 0. The molecule has 0 atom stereocenters. The zero-order chi connectivity index (χ0) is 42.4. The van der Waals surface area contributed by atoms with E-state index in [1.165, 1.54) is 82.3 Å². The quantitative estimate of drug-likeness (QED) is 0.148. The highest BCUT2D eigenvalue weighted by Crippen LogP contribution is 2.44. The predicted octanol–water partition coefficient (Wildman–Crippen LogP) is 17.2. The Morgan fingerprint density at radius 2 is 0.719 bits per heavy atom. The molecule has 0 bridgehead atoms. The first kappa shape index (κ1) is 37.3. The van der Waals surface area contributed by atoms with Crippen LogP contribution in [0.1, 0.15) is 0 Å². The molecule has 1 aromatic heterocycles. The molecule has 0 aliphatic heterocycles. The van der Waals surface area contributed by atoms with Crippen molar-refractivity contribution in [3.05, 3.63) is 255 Å². The van der Waals surface area contributed by atoms with Gasteiger partial charge in [-0.2, -0.15) is 0 Å². The largest absolute Gasteiger partial charge is 0.310 e. The van der Waals surface area contributed by atoms with Gasteiger partial charge in [0, 0.05) is 33.5 Å². The molecular weight excluding hydrogens is 773 g/mol. The van der Waals surface area contributed by atoms with E-state index in [1.807, 2.05) is 0 Å². The Hall–Kier alpha value is -8.46. The number of rotatable bonds is 8. The van der Waals surface area contributed by atoms with Gasteiger partial charge in [-0.1, -0.05) is 188 Å². The Balaban J connectivity index is 1.08. The Morgan fingerprint density at radius 3 is 1.41 bits per heavy atom. The maximum absolute atomic E-state index is 2.42. The van der Waals surface area contributed by atoms with Crippen LogP contribution in [0.4, 0.5) is 17.1 Å². The molecule has 2 nitrogen and oxygen atoms in total. The molecule has 64 heavy (non-hydrogen) atoms. The number of benzene rings is 11. The van der Waals surface area contributed by atoms with Gasteiger partial charge in [0.25, 0.3) is 0 Å². The van der Waals surface area contributed by atoms with Gasteiger partial charge in [0.2, 0.25) is 0 Å². The van der Waals surface area contributed by atoms with E-state index in [4.69, 9.17) is 0 Å². The molecule has 0 spiro atoms. The summed E-state index contributed by atoms with van der Waals surface area (Å²) >= 11 is 0. The van der Waals surface area contributed by atoms with Gasteiger partial charge in [0.05, 0.1) is 11.0 Å². The van der Waals surface area contributed by atoms with E-state index in [0.717, 1.165) is 28.3 Å². The van der Waals surface area contributed by atoms with E-state index in [2.05, 4.69) is 264 Å². The molecule has 1 heterocycles. The molecule has 0 saturated heterocycles. The van der Waals surface area contributed by atoms with Gasteiger partial charge in [-0.05, 0) is 133 Å². The second kappa shape index (κ2) is 15.8. The number of nitrogens with zero attached hydrogens (tertiary/aromatic N) is 2. The third-order valence-corrected chi connectivity index (χ3v) is 12.8. The van der Waals surface area contributed by atoms with Crippen LogP contribution in [0.5, 0.6) is 0 Å². The Labute approximate surface area is 373 Å². The first-order chi connectivity index (χ1) is 31.7. The van der Waals surface area contributed by atoms with E-state index in [-0.39, 0.29) is 0 Å². The van der Waals surface area contributed by atoms with Crippen molar-refractivity contribution in [3.63, 3.8) is 0 Å². The van der Waals surface area contributed by atoms with Crippen LogP contribution in [0.15, 0.2) is 255 Å². The van der Waals surface area contributed by atoms with Crippen LogP contribution in [0.3, 0.4) is 0 Å². The standard InChI is InChI=1S/C62H42N2/c1-3-17-45(18-4-1)55-23-11-12-24-56(55)46-31-33-52(34-32-46)63(54-36-38-59-58-25-13-14-26-61(58)64(62(59)42-54)51-21-5-2-6-22-51)53-35-37-57(49-29-27-43-15-7-9-19-47(43)39-49)60(41-53)50-30-28-44-16-8-10-20-48(44)40-50/h1-42H. The summed E-state index contributed by atoms with van der Waals surface area (Å²) in [6, 6.07) is 92.9. The lowest BCUT2D eigenvalue weighted by Crippen LogP contribution is -2.10. The van der Waals surface area contributed by atoms with E-state index in [0.29, 0.717) is 0 Å². The molecule has 0 amide bonds. The summed E-state index contributed by atoms with van der Waals surface area (Å²) in [5, 5.41) is 7.37.